The largest absolute Gasteiger partial charge is 0.391 e. The van der Waals surface area contributed by atoms with E-state index in [9.17, 15) is 13.7 Å². The maximum absolute atomic E-state index is 13.2. The highest BCUT2D eigenvalue weighted by molar-refractivity contribution is 9.10. The number of fused-ring (bicyclic) bond motifs is 1. The van der Waals surface area contributed by atoms with Gasteiger partial charge in [0, 0.05) is 22.4 Å². The summed E-state index contributed by atoms with van der Waals surface area (Å²) in [5, 5.41) is 14.0. The van der Waals surface area contributed by atoms with E-state index in [1.165, 1.54) is 12.1 Å². The molecule has 0 saturated heterocycles. The molecule has 1 fully saturated rings. The molecule has 2 aromatic rings. The van der Waals surface area contributed by atoms with E-state index in [1.54, 1.807) is 18.2 Å². The smallest absolute Gasteiger partial charge is 0.197 e. The lowest BCUT2D eigenvalue weighted by Crippen LogP contribution is -2.35. The second kappa shape index (κ2) is 6.22. The predicted octanol–water partition coefficient (Wildman–Crippen LogP) is 3.70. The van der Waals surface area contributed by atoms with Gasteiger partial charge in [0.2, 0.25) is 0 Å². The Labute approximate surface area is 160 Å². The molecule has 0 spiro atoms. The van der Waals surface area contributed by atoms with Gasteiger partial charge in [-0.1, -0.05) is 51.4 Å². The van der Waals surface area contributed by atoms with E-state index in [0.717, 1.165) is 10.0 Å². The van der Waals surface area contributed by atoms with Crippen molar-refractivity contribution in [1.29, 1.82) is 5.26 Å². The fourth-order valence-electron chi connectivity index (χ4n) is 3.72. The van der Waals surface area contributed by atoms with Crippen LogP contribution in [0.4, 0.5) is 0 Å². The number of halogens is 1. The SMILES string of the molecule is N#C[C@]1(S(=O)(=O)c2ccccc2)CC2ON=C(c3cccc(Br)c3)C2C1. The molecule has 2 unspecified atom stereocenters. The Bertz CT molecular complexity index is 1030. The molecule has 2 aromatic carbocycles. The lowest BCUT2D eigenvalue weighted by atomic mass is 9.94. The Hall–Kier alpha value is -2.17. The van der Waals surface area contributed by atoms with Crippen molar-refractivity contribution in [3.63, 3.8) is 0 Å². The lowest BCUT2D eigenvalue weighted by molar-refractivity contribution is 0.0736. The number of benzene rings is 2. The van der Waals surface area contributed by atoms with Gasteiger partial charge in [-0.05, 0) is 30.7 Å². The van der Waals surface area contributed by atoms with Crippen LogP contribution in [0.25, 0.3) is 0 Å². The second-order valence-electron chi connectivity index (χ2n) is 6.57. The maximum Gasteiger partial charge on any atom is 0.197 e. The third kappa shape index (κ3) is 2.56. The zero-order valence-corrected chi connectivity index (χ0v) is 16.1. The van der Waals surface area contributed by atoms with Crippen LogP contribution < -0.4 is 0 Å². The minimum Gasteiger partial charge on any atom is -0.391 e. The van der Waals surface area contributed by atoms with Crippen LogP contribution >= 0.6 is 15.9 Å². The van der Waals surface area contributed by atoms with Gasteiger partial charge < -0.3 is 4.84 Å². The van der Waals surface area contributed by atoms with Crippen LogP contribution in [0.15, 0.2) is 69.1 Å². The quantitative estimate of drug-likeness (QED) is 0.743. The standard InChI is InChI=1S/C19H15BrN2O3S/c20-14-6-4-5-13(9-14)18-16-10-19(12-21,11-17(16)25-22-18)26(23,24)15-7-2-1-3-8-15/h1-9,16-17H,10-11H2/t16?,17?,19-/m1/s1. The number of hydrogen-bond acceptors (Lipinski definition) is 5. The zero-order valence-electron chi connectivity index (χ0n) is 13.7. The van der Waals surface area contributed by atoms with Crippen molar-refractivity contribution in [2.75, 3.05) is 0 Å². The molecule has 2 aliphatic rings. The van der Waals surface area contributed by atoms with Gasteiger partial charge >= 0.3 is 0 Å². The Kier molecular flexibility index (Phi) is 4.13. The first kappa shape index (κ1) is 17.3. The molecule has 3 atom stereocenters. The minimum atomic E-state index is -3.81. The van der Waals surface area contributed by atoms with Crippen LogP contribution in [0.2, 0.25) is 0 Å². The van der Waals surface area contributed by atoms with Crippen molar-refractivity contribution in [2.24, 2.45) is 11.1 Å². The summed E-state index contributed by atoms with van der Waals surface area (Å²) >= 11 is 3.44. The summed E-state index contributed by atoms with van der Waals surface area (Å²) in [4.78, 5) is 5.70. The van der Waals surface area contributed by atoms with Crippen molar-refractivity contribution < 1.29 is 13.3 Å². The number of rotatable bonds is 3. The molecule has 1 aliphatic carbocycles. The number of sulfone groups is 1. The first-order valence-electron chi connectivity index (χ1n) is 8.17. The maximum atomic E-state index is 13.2. The van der Waals surface area contributed by atoms with Crippen LogP contribution in [-0.4, -0.2) is 25.0 Å². The van der Waals surface area contributed by atoms with Crippen molar-refractivity contribution >= 4 is 31.5 Å². The number of nitriles is 1. The van der Waals surface area contributed by atoms with Crippen molar-refractivity contribution in [1.82, 2.24) is 0 Å². The Morgan fingerprint density at radius 1 is 1.15 bits per heavy atom. The highest BCUT2D eigenvalue weighted by Gasteiger charge is 2.59. The lowest BCUT2D eigenvalue weighted by Gasteiger charge is -2.21. The number of oxime groups is 1. The molecular weight excluding hydrogens is 416 g/mol. The predicted molar refractivity (Wildman–Crippen MR) is 100 cm³/mol. The summed E-state index contributed by atoms with van der Waals surface area (Å²) in [6.07, 6.45) is -0.106. The van der Waals surface area contributed by atoms with Crippen molar-refractivity contribution in [2.45, 2.75) is 28.6 Å². The van der Waals surface area contributed by atoms with Crippen LogP contribution in [0, 0.1) is 17.2 Å². The minimum absolute atomic E-state index is 0.117. The topological polar surface area (TPSA) is 79.5 Å². The van der Waals surface area contributed by atoms with Crippen LogP contribution in [0.5, 0.6) is 0 Å². The first-order chi connectivity index (χ1) is 12.5. The molecule has 5 nitrogen and oxygen atoms in total. The van der Waals surface area contributed by atoms with E-state index >= 15 is 0 Å². The first-order valence-corrected chi connectivity index (χ1v) is 10.4. The summed E-state index contributed by atoms with van der Waals surface area (Å²) in [6, 6.07) is 17.9. The van der Waals surface area contributed by atoms with E-state index in [-0.39, 0.29) is 23.7 Å². The molecule has 1 heterocycles. The fourth-order valence-corrected chi connectivity index (χ4v) is 5.99. The molecular formula is C19H15BrN2O3S. The fraction of sp³-hybridized carbons (Fsp3) is 0.263. The molecule has 0 radical (unpaired) electrons. The Balaban J connectivity index is 1.71. The highest BCUT2D eigenvalue weighted by atomic mass is 79.9. The normalized spacial score (nSPS) is 27.3. The Morgan fingerprint density at radius 2 is 1.92 bits per heavy atom. The van der Waals surface area contributed by atoms with Gasteiger partial charge in [0.15, 0.2) is 14.6 Å². The summed E-state index contributed by atoms with van der Waals surface area (Å²) in [7, 11) is -3.81. The molecule has 132 valence electrons. The van der Waals surface area contributed by atoms with E-state index in [2.05, 4.69) is 27.2 Å². The number of nitrogens with zero attached hydrogens (tertiary/aromatic N) is 2. The highest BCUT2D eigenvalue weighted by Crippen LogP contribution is 2.48. The van der Waals surface area contributed by atoms with Gasteiger partial charge in [-0.25, -0.2) is 8.42 Å². The third-order valence-corrected chi connectivity index (χ3v) is 7.90. The van der Waals surface area contributed by atoms with Crippen molar-refractivity contribution in [3.8, 4) is 6.07 Å². The molecule has 1 aliphatic heterocycles. The van der Waals surface area contributed by atoms with Gasteiger partial charge in [-0.2, -0.15) is 5.26 Å². The van der Waals surface area contributed by atoms with Crippen LogP contribution in [-0.2, 0) is 14.7 Å². The molecule has 26 heavy (non-hydrogen) atoms. The average molecular weight is 431 g/mol. The van der Waals surface area contributed by atoms with E-state index < -0.39 is 20.7 Å². The molecule has 0 N–H and O–H groups in total. The zero-order chi connectivity index (χ0) is 18.4. The van der Waals surface area contributed by atoms with Gasteiger partial charge in [-0.15, -0.1) is 0 Å². The summed E-state index contributed by atoms with van der Waals surface area (Å²) in [6.45, 7) is 0. The van der Waals surface area contributed by atoms with Gasteiger partial charge in [0.1, 0.15) is 6.10 Å². The molecule has 0 bridgehead atoms. The Morgan fingerprint density at radius 3 is 2.62 bits per heavy atom. The van der Waals surface area contributed by atoms with Crippen LogP contribution in [0.3, 0.4) is 0 Å². The van der Waals surface area contributed by atoms with Gasteiger partial charge in [-0.3, -0.25) is 0 Å². The van der Waals surface area contributed by atoms with Crippen LogP contribution in [0.1, 0.15) is 18.4 Å². The molecule has 0 amide bonds. The summed E-state index contributed by atoms with van der Waals surface area (Å²) in [5.41, 5.74) is 1.58. The molecule has 0 aromatic heterocycles. The molecule has 4 rings (SSSR count). The summed E-state index contributed by atoms with van der Waals surface area (Å²) in [5.74, 6) is -0.220. The number of hydrogen-bond donors (Lipinski definition) is 0. The third-order valence-electron chi connectivity index (χ3n) is 5.06. The summed E-state index contributed by atoms with van der Waals surface area (Å²) < 4.78 is 25.8. The molecule has 7 heteroatoms. The van der Waals surface area contributed by atoms with Gasteiger partial charge in [0.05, 0.1) is 16.7 Å². The van der Waals surface area contributed by atoms with Crippen molar-refractivity contribution in [3.05, 3.63) is 64.6 Å². The van der Waals surface area contributed by atoms with E-state index in [1.807, 2.05) is 24.3 Å². The van der Waals surface area contributed by atoms with E-state index in [0.29, 0.717) is 5.71 Å². The second-order valence-corrected chi connectivity index (χ2v) is 9.74. The molecule has 1 saturated carbocycles. The average Bonchev–Trinajstić information content (AvgIpc) is 3.21. The monoisotopic (exact) mass is 430 g/mol. The van der Waals surface area contributed by atoms with E-state index in [4.69, 9.17) is 4.84 Å². The van der Waals surface area contributed by atoms with Gasteiger partial charge in [0.25, 0.3) is 0 Å².